The van der Waals surface area contributed by atoms with Crippen molar-refractivity contribution in [1.29, 1.82) is 0 Å². The van der Waals surface area contributed by atoms with Crippen molar-refractivity contribution in [2.24, 2.45) is 33.8 Å². The molecule has 42 heavy (non-hydrogen) atoms. The van der Waals surface area contributed by atoms with Crippen molar-refractivity contribution in [3.63, 3.8) is 0 Å². The fourth-order valence-corrected chi connectivity index (χ4v) is 4.23. The number of hydrogen-bond acceptors (Lipinski definition) is 7. The predicted molar refractivity (Wildman–Crippen MR) is 157 cm³/mol. The molecular weight excluding hydrogens is 546 g/mol. The van der Waals surface area contributed by atoms with Crippen molar-refractivity contribution in [3.05, 3.63) is 36.0 Å². The van der Waals surface area contributed by atoms with Gasteiger partial charge < -0.3 is 49.0 Å². The van der Waals surface area contributed by atoms with E-state index in [1.54, 1.807) is 19.2 Å². The maximum Gasteiger partial charge on any atom is 0.326 e. The van der Waals surface area contributed by atoms with Crippen LogP contribution in [0.3, 0.4) is 0 Å². The molecule has 5 atom stereocenters. The highest BCUT2D eigenvalue weighted by Crippen LogP contribution is 2.19. The van der Waals surface area contributed by atoms with E-state index >= 15 is 0 Å². The third kappa shape index (κ3) is 10.1. The number of rotatable bonds is 17. The number of carboxylic acid groups (broad SMARTS) is 1. The molecule has 1 heterocycles. The number of aromatic amines is 1. The van der Waals surface area contributed by atoms with Crippen LogP contribution < -0.4 is 38.9 Å². The monoisotopic (exact) mass is 587 g/mol. The van der Waals surface area contributed by atoms with Crippen LogP contribution in [0.5, 0.6) is 0 Å². The Labute approximate surface area is 243 Å². The van der Waals surface area contributed by atoms with Crippen LogP contribution in [0, 0.1) is 5.92 Å². The number of primary amides is 1. The Balaban J connectivity index is 2.21. The number of amides is 4. The maximum absolute atomic E-state index is 13.3. The summed E-state index contributed by atoms with van der Waals surface area (Å²) in [5.74, 6) is -4.85. The quantitative estimate of drug-likeness (QED) is 0.0594. The smallest absolute Gasteiger partial charge is 0.326 e. The third-order valence-corrected chi connectivity index (χ3v) is 6.89. The van der Waals surface area contributed by atoms with Crippen LogP contribution in [0.25, 0.3) is 10.9 Å². The minimum absolute atomic E-state index is 0.0701. The molecule has 2 aromatic rings. The zero-order valence-corrected chi connectivity index (χ0v) is 23.8. The minimum Gasteiger partial charge on any atom is -0.480 e. The van der Waals surface area contributed by atoms with Gasteiger partial charge in [-0.3, -0.25) is 24.2 Å². The Bertz CT molecular complexity index is 1290. The van der Waals surface area contributed by atoms with Crippen LogP contribution in [0.1, 0.15) is 45.1 Å². The molecule has 0 spiro atoms. The Hall–Kier alpha value is -4.66. The first-order chi connectivity index (χ1) is 19.8. The van der Waals surface area contributed by atoms with E-state index in [-0.39, 0.29) is 37.7 Å². The third-order valence-electron chi connectivity index (χ3n) is 6.89. The van der Waals surface area contributed by atoms with Gasteiger partial charge in [0.2, 0.25) is 23.6 Å². The summed E-state index contributed by atoms with van der Waals surface area (Å²) in [4.78, 5) is 69.9. The number of H-pyrrole nitrogens is 1. The molecule has 0 bridgehead atoms. The standard InChI is InChI=1S/C27H41N9O6/c1-3-14(2)22(29)25(40)34-18(9-6-10-32-27(30)31)23(38)35-19(12-21(28)37)24(39)36-20(26(41)42)11-15-13-33-17-8-5-4-7-16(15)17/h4-5,7-8,13-14,18-20,22,33H,3,6,9-12,29H2,1-2H3,(H2,28,37)(H,34,40)(H,35,38)(H,36,39)(H,41,42)(H4,30,31,32). The summed E-state index contributed by atoms with van der Waals surface area (Å²) in [6.07, 6.45) is 1.95. The summed E-state index contributed by atoms with van der Waals surface area (Å²) < 4.78 is 0. The number of fused-ring (bicyclic) bond motifs is 1. The van der Waals surface area contributed by atoms with Crippen molar-refractivity contribution in [2.75, 3.05) is 6.54 Å². The van der Waals surface area contributed by atoms with Gasteiger partial charge in [-0.15, -0.1) is 0 Å². The normalized spacial score (nSPS) is 14.5. The van der Waals surface area contributed by atoms with Gasteiger partial charge in [0.05, 0.1) is 12.5 Å². The lowest BCUT2D eigenvalue weighted by molar-refractivity contribution is -0.142. The number of para-hydroxylation sites is 1. The fourth-order valence-electron chi connectivity index (χ4n) is 4.23. The van der Waals surface area contributed by atoms with Gasteiger partial charge >= 0.3 is 5.97 Å². The number of carbonyl (C=O) groups is 5. The molecule has 0 saturated heterocycles. The molecule has 4 amide bonds. The molecule has 1 aromatic heterocycles. The second-order valence-electron chi connectivity index (χ2n) is 10.1. The second kappa shape index (κ2) is 16.0. The van der Waals surface area contributed by atoms with Gasteiger partial charge in [0.1, 0.15) is 18.1 Å². The van der Waals surface area contributed by atoms with E-state index in [1.165, 1.54) is 0 Å². The highest BCUT2D eigenvalue weighted by atomic mass is 16.4. The van der Waals surface area contributed by atoms with Crippen molar-refractivity contribution >= 4 is 46.5 Å². The van der Waals surface area contributed by atoms with Crippen molar-refractivity contribution in [3.8, 4) is 0 Å². The average Bonchev–Trinajstić information content (AvgIpc) is 3.35. The predicted octanol–water partition coefficient (Wildman–Crippen LogP) is -1.45. The molecule has 2 rings (SSSR count). The van der Waals surface area contributed by atoms with Gasteiger partial charge in [0, 0.05) is 30.1 Å². The largest absolute Gasteiger partial charge is 0.480 e. The molecule has 15 heteroatoms. The number of guanidine groups is 1. The number of hydrogen-bond donors (Lipinski definition) is 9. The average molecular weight is 588 g/mol. The number of nitrogens with two attached hydrogens (primary N) is 4. The minimum atomic E-state index is -1.51. The van der Waals surface area contributed by atoms with E-state index in [2.05, 4.69) is 25.9 Å². The Morgan fingerprint density at radius 3 is 2.19 bits per heavy atom. The molecule has 5 unspecified atom stereocenters. The summed E-state index contributed by atoms with van der Waals surface area (Å²) >= 11 is 0. The van der Waals surface area contributed by atoms with E-state index < -0.39 is 60.2 Å². The Kier molecular flexibility index (Phi) is 12.7. The van der Waals surface area contributed by atoms with E-state index in [4.69, 9.17) is 22.9 Å². The fraction of sp³-hybridized carbons (Fsp3) is 0.481. The SMILES string of the molecule is CCC(C)C(N)C(=O)NC(CCCN=C(N)N)C(=O)NC(CC(N)=O)C(=O)NC(Cc1c[nH]c2ccccc12)C(=O)O. The molecular formula is C27H41N9O6. The first-order valence-electron chi connectivity index (χ1n) is 13.6. The second-order valence-corrected chi connectivity index (χ2v) is 10.1. The summed E-state index contributed by atoms with van der Waals surface area (Å²) in [7, 11) is 0. The van der Waals surface area contributed by atoms with Crippen LogP contribution in [-0.4, -0.2) is 76.4 Å². The number of aliphatic carboxylic acids is 1. The zero-order valence-electron chi connectivity index (χ0n) is 23.8. The van der Waals surface area contributed by atoms with Gasteiger partial charge in [-0.05, 0) is 30.4 Å². The molecule has 0 fully saturated rings. The Morgan fingerprint density at radius 2 is 1.57 bits per heavy atom. The number of carboxylic acids is 1. The molecule has 15 nitrogen and oxygen atoms in total. The Morgan fingerprint density at radius 1 is 0.952 bits per heavy atom. The summed E-state index contributed by atoms with van der Waals surface area (Å²) in [5, 5.41) is 18.0. The number of aromatic nitrogens is 1. The van der Waals surface area contributed by atoms with Gasteiger partial charge in [0.25, 0.3) is 0 Å². The van der Waals surface area contributed by atoms with Gasteiger partial charge in [-0.1, -0.05) is 38.5 Å². The van der Waals surface area contributed by atoms with Crippen LogP contribution in [-0.2, 0) is 30.4 Å². The van der Waals surface area contributed by atoms with Crippen LogP contribution in [0.15, 0.2) is 35.5 Å². The number of carbonyl (C=O) groups excluding carboxylic acids is 4. The number of nitrogens with one attached hydrogen (secondary N) is 4. The van der Waals surface area contributed by atoms with Crippen molar-refractivity contribution < 1.29 is 29.1 Å². The summed E-state index contributed by atoms with van der Waals surface area (Å²) in [6, 6.07) is 2.31. The molecule has 0 aliphatic heterocycles. The van der Waals surface area contributed by atoms with E-state index in [1.807, 2.05) is 25.1 Å². The molecule has 0 aliphatic rings. The molecule has 230 valence electrons. The van der Waals surface area contributed by atoms with Crippen molar-refractivity contribution in [1.82, 2.24) is 20.9 Å². The maximum atomic E-state index is 13.3. The highest BCUT2D eigenvalue weighted by Gasteiger charge is 2.32. The lowest BCUT2D eigenvalue weighted by Crippen LogP contribution is -2.58. The summed E-state index contributed by atoms with van der Waals surface area (Å²) in [6.45, 7) is 3.83. The summed E-state index contributed by atoms with van der Waals surface area (Å²) in [5.41, 5.74) is 23.5. The first kappa shape index (κ1) is 33.5. The number of benzene rings is 1. The lowest BCUT2D eigenvalue weighted by Gasteiger charge is -2.25. The molecule has 13 N–H and O–H groups in total. The lowest BCUT2D eigenvalue weighted by atomic mass is 9.98. The van der Waals surface area contributed by atoms with Gasteiger partial charge in [0.15, 0.2) is 5.96 Å². The van der Waals surface area contributed by atoms with E-state index in [0.29, 0.717) is 12.0 Å². The molecule has 0 saturated carbocycles. The molecule has 1 aromatic carbocycles. The number of aliphatic imine (C=N–C) groups is 1. The number of nitrogens with zero attached hydrogens (tertiary/aromatic N) is 1. The van der Waals surface area contributed by atoms with Crippen LogP contribution >= 0.6 is 0 Å². The molecule has 0 aliphatic carbocycles. The zero-order chi connectivity index (χ0) is 31.4. The van der Waals surface area contributed by atoms with Gasteiger partial charge in [-0.25, -0.2) is 4.79 Å². The first-order valence-corrected chi connectivity index (χ1v) is 13.6. The van der Waals surface area contributed by atoms with Gasteiger partial charge in [-0.2, -0.15) is 0 Å². The van der Waals surface area contributed by atoms with Crippen molar-refractivity contribution in [2.45, 2.75) is 70.1 Å². The van der Waals surface area contributed by atoms with Crippen LogP contribution in [0.4, 0.5) is 0 Å². The van der Waals surface area contributed by atoms with E-state index in [9.17, 15) is 29.1 Å². The van der Waals surface area contributed by atoms with Crippen LogP contribution in [0.2, 0.25) is 0 Å². The topological polar surface area (TPSA) is 274 Å². The molecule has 0 radical (unpaired) electrons. The van der Waals surface area contributed by atoms with E-state index in [0.717, 1.165) is 10.9 Å². The highest BCUT2D eigenvalue weighted by molar-refractivity contribution is 5.96.